The number of rotatable bonds is 4. The maximum absolute atomic E-state index is 12.1. The topological polar surface area (TPSA) is 47.6 Å². The van der Waals surface area contributed by atoms with E-state index in [1.807, 2.05) is 5.32 Å². The third-order valence-corrected chi connectivity index (χ3v) is 1.99. The van der Waals surface area contributed by atoms with Crippen molar-refractivity contribution in [1.82, 2.24) is 5.32 Å². The molecule has 0 fully saturated rings. The zero-order valence-electron chi connectivity index (χ0n) is 10.2. The van der Waals surface area contributed by atoms with Gasteiger partial charge >= 0.3 is 18.6 Å². The van der Waals surface area contributed by atoms with Crippen LogP contribution in [0.2, 0.25) is 0 Å². The Morgan fingerprint density at radius 2 is 1.71 bits per heavy atom. The van der Waals surface area contributed by atoms with Crippen molar-refractivity contribution < 1.29 is 40.6 Å². The molecule has 1 rings (SSSR count). The van der Waals surface area contributed by atoms with Gasteiger partial charge in [0.25, 0.3) is 0 Å². The lowest BCUT2D eigenvalue weighted by molar-refractivity contribution is -0.274. The Kier molecular flexibility index (Phi) is 5.28. The SMILES string of the molecule is O=C(NCc1ccccc1OC(F)(F)F)OCC(F)(F)F. The largest absolute Gasteiger partial charge is 0.573 e. The van der Waals surface area contributed by atoms with Gasteiger partial charge in [-0.05, 0) is 6.07 Å². The predicted octanol–water partition coefficient (Wildman–Crippen LogP) is 3.37. The van der Waals surface area contributed by atoms with Gasteiger partial charge in [-0.2, -0.15) is 13.2 Å². The maximum atomic E-state index is 12.1. The predicted molar refractivity (Wildman–Crippen MR) is 57.4 cm³/mol. The molecule has 1 N–H and O–H groups in total. The number of alkyl carbamates (subject to hydrolysis) is 1. The number of hydrogen-bond acceptors (Lipinski definition) is 3. The van der Waals surface area contributed by atoms with E-state index in [0.29, 0.717) is 0 Å². The molecule has 1 aromatic rings. The minimum atomic E-state index is -4.92. The summed E-state index contributed by atoms with van der Waals surface area (Å²) in [5, 5.41) is 1.89. The van der Waals surface area contributed by atoms with E-state index in [1.54, 1.807) is 0 Å². The summed E-state index contributed by atoms with van der Waals surface area (Å²) in [7, 11) is 0. The van der Waals surface area contributed by atoms with Crippen LogP contribution < -0.4 is 10.1 Å². The van der Waals surface area contributed by atoms with E-state index >= 15 is 0 Å². The molecule has 0 aliphatic heterocycles. The average molecular weight is 317 g/mol. The quantitative estimate of drug-likeness (QED) is 0.866. The Morgan fingerprint density at radius 1 is 1.10 bits per heavy atom. The van der Waals surface area contributed by atoms with Crippen LogP contribution in [0.5, 0.6) is 5.75 Å². The summed E-state index contributed by atoms with van der Waals surface area (Å²) in [5.41, 5.74) is -0.0706. The first-order valence-corrected chi connectivity index (χ1v) is 5.38. The Balaban J connectivity index is 2.57. The summed E-state index contributed by atoms with van der Waals surface area (Å²) in [6.45, 7) is -2.28. The summed E-state index contributed by atoms with van der Waals surface area (Å²) in [5.74, 6) is -0.568. The number of carbonyl (C=O) groups excluding carboxylic acids is 1. The number of carbonyl (C=O) groups is 1. The highest BCUT2D eigenvalue weighted by atomic mass is 19.4. The van der Waals surface area contributed by atoms with Crippen molar-refractivity contribution in [3.8, 4) is 5.75 Å². The van der Waals surface area contributed by atoms with E-state index in [0.717, 1.165) is 6.07 Å². The summed E-state index contributed by atoms with van der Waals surface area (Å²) < 4.78 is 79.2. The third kappa shape index (κ3) is 7.28. The molecule has 0 atom stereocenters. The second kappa shape index (κ2) is 6.55. The number of hydrogen-bond donors (Lipinski definition) is 1. The molecule has 10 heteroatoms. The van der Waals surface area contributed by atoms with Crippen molar-refractivity contribution in [2.24, 2.45) is 0 Å². The minimum Gasteiger partial charge on any atom is -0.440 e. The van der Waals surface area contributed by atoms with Crippen LogP contribution in [0, 0.1) is 0 Å². The van der Waals surface area contributed by atoms with E-state index < -0.39 is 37.5 Å². The monoisotopic (exact) mass is 317 g/mol. The summed E-state index contributed by atoms with van der Waals surface area (Å²) >= 11 is 0. The zero-order valence-corrected chi connectivity index (χ0v) is 10.2. The lowest BCUT2D eigenvalue weighted by Gasteiger charge is -2.14. The van der Waals surface area contributed by atoms with Gasteiger partial charge in [0.05, 0.1) is 0 Å². The first-order valence-electron chi connectivity index (χ1n) is 5.38. The fourth-order valence-electron chi connectivity index (χ4n) is 1.24. The molecule has 1 amide bonds. The molecule has 1 aromatic carbocycles. The molecular weight excluding hydrogens is 308 g/mol. The molecule has 0 unspecified atom stereocenters. The molecule has 0 radical (unpaired) electrons. The van der Waals surface area contributed by atoms with Crippen LogP contribution >= 0.6 is 0 Å². The molecule has 4 nitrogen and oxygen atoms in total. The van der Waals surface area contributed by atoms with Gasteiger partial charge in [-0.15, -0.1) is 13.2 Å². The summed E-state index contributed by atoms with van der Waals surface area (Å²) in [6, 6.07) is 4.87. The average Bonchev–Trinajstić information content (AvgIpc) is 2.32. The molecular formula is C11H9F6NO3. The van der Waals surface area contributed by atoms with Gasteiger partial charge in [-0.25, -0.2) is 4.79 Å². The van der Waals surface area contributed by atoms with E-state index in [9.17, 15) is 31.1 Å². The molecule has 0 bridgehead atoms. The number of alkyl halides is 6. The second-order valence-electron chi connectivity index (χ2n) is 3.70. The maximum Gasteiger partial charge on any atom is 0.573 e. The number of para-hydroxylation sites is 1. The zero-order chi connectivity index (χ0) is 16.1. The van der Waals surface area contributed by atoms with Crippen LogP contribution in [-0.4, -0.2) is 25.2 Å². The van der Waals surface area contributed by atoms with Crippen molar-refractivity contribution in [2.75, 3.05) is 6.61 Å². The minimum absolute atomic E-state index is 0.0706. The molecule has 118 valence electrons. The van der Waals surface area contributed by atoms with Crippen LogP contribution in [0.4, 0.5) is 31.1 Å². The fraction of sp³-hybridized carbons (Fsp3) is 0.364. The highest BCUT2D eigenvalue weighted by Gasteiger charge is 2.32. The van der Waals surface area contributed by atoms with Crippen LogP contribution in [0.15, 0.2) is 24.3 Å². The molecule has 21 heavy (non-hydrogen) atoms. The Labute approximate surface area is 114 Å². The van der Waals surface area contributed by atoms with Gasteiger partial charge in [0.1, 0.15) is 5.75 Å². The van der Waals surface area contributed by atoms with Crippen molar-refractivity contribution in [3.05, 3.63) is 29.8 Å². The van der Waals surface area contributed by atoms with E-state index in [4.69, 9.17) is 0 Å². The number of ether oxygens (including phenoxy) is 2. The lowest BCUT2D eigenvalue weighted by Crippen LogP contribution is -2.29. The second-order valence-corrected chi connectivity index (χ2v) is 3.70. The lowest BCUT2D eigenvalue weighted by atomic mass is 10.2. The molecule has 0 spiro atoms. The van der Waals surface area contributed by atoms with Gasteiger partial charge in [0, 0.05) is 12.1 Å². The first kappa shape index (κ1) is 16.9. The van der Waals surface area contributed by atoms with E-state index in [2.05, 4.69) is 9.47 Å². The van der Waals surface area contributed by atoms with Crippen molar-refractivity contribution in [1.29, 1.82) is 0 Å². The van der Waals surface area contributed by atoms with Crippen LogP contribution in [0.3, 0.4) is 0 Å². The van der Waals surface area contributed by atoms with Gasteiger partial charge in [-0.3, -0.25) is 0 Å². The Morgan fingerprint density at radius 3 is 2.29 bits per heavy atom. The fourth-order valence-corrected chi connectivity index (χ4v) is 1.24. The Hall–Kier alpha value is -2.13. The number of benzene rings is 1. The molecule has 0 aromatic heterocycles. The van der Waals surface area contributed by atoms with Crippen molar-refractivity contribution in [3.63, 3.8) is 0 Å². The number of nitrogens with one attached hydrogen (secondary N) is 1. The number of halogens is 6. The van der Waals surface area contributed by atoms with E-state index in [1.165, 1.54) is 18.2 Å². The molecule has 0 heterocycles. The first-order chi connectivity index (χ1) is 9.57. The van der Waals surface area contributed by atoms with Crippen LogP contribution in [0.1, 0.15) is 5.56 Å². The summed E-state index contributed by atoms with van der Waals surface area (Å²) in [6.07, 6.45) is -11.0. The molecule has 0 saturated heterocycles. The van der Waals surface area contributed by atoms with Gasteiger partial charge in [-0.1, -0.05) is 18.2 Å². The molecule has 0 aliphatic carbocycles. The van der Waals surface area contributed by atoms with Crippen LogP contribution in [0.25, 0.3) is 0 Å². The summed E-state index contributed by atoms with van der Waals surface area (Å²) in [4.78, 5) is 11.0. The number of amides is 1. The molecule has 0 saturated carbocycles. The van der Waals surface area contributed by atoms with Gasteiger partial charge in [0.2, 0.25) is 0 Å². The van der Waals surface area contributed by atoms with Gasteiger partial charge < -0.3 is 14.8 Å². The van der Waals surface area contributed by atoms with E-state index in [-0.39, 0.29) is 5.56 Å². The smallest absolute Gasteiger partial charge is 0.440 e. The standard InChI is InChI=1S/C11H9F6NO3/c12-10(13,14)6-20-9(19)18-5-7-3-1-2-4-8(7)21-11(15,16)17/h1-4H,5-6H2,(H,18,19). The van der Waals surface area contributed by atoms with Crippen molar-refractivity contribution >= 4 is 6.09 Å². The Bertz CT molecular complexity index is 486. The normalized spacial score (nSPS) is 11.9. The highest BCUT2D eigenvalue weighted by molar-refractivity contribution is 5.67. The highest BCUT2D eigenvalue weighted by Crippen LogP contribution is 2.26. The van der Waals surface area contributed by atoms with Crippen molar-refractivity contribution in [2.45, 2.75) is 19.1 Å². The molecule has 0 aliphatic rings. The third-order valence-electron chi connectivity index (χ3n) is 1.99. The van der Waals surface area contributed by atoms with Crippen LogP contribution in [-0.2, 0) is 11.3 Å². The van der Waals surface area contributed by atoms with Gasteiger partial charge in [0.15, 0.2) is 6.61 Å².